The fraction of sp³-hybridized carbons (Fsp3) is 0.364. The van der Waals surface area contributed by atoms with Gasteiger partial charge in [0, 0.05) is 32.9 Å². The van der Waals surface area contributed by atoms with Crippen LogP contribution in [0.25, 0.3) is 0 Å². The Hall–Kier alpha value is -2.91. The number of esters is 1. The van der Waals surface area contributed by atoms with Gasteiger partial charge in [0.05, 0.1) is 16.1 Å². The SMILES string of the molecule is C[C@H](OC(=O)c1cc(S(=O)(=O)N(C)C)ccc1N1CCCC1)C(=O)Nc1ccccc1. The summed E-state index contributed by atoms with van der Waals surface area (Å²) in [5, 5.41) is 2.69. The standard InChI is InChI=1S/C22H27N3O5S/c1-16(21(26)23-17-9-5-4-6-10-17)30-22(27)19-15-18(31(28,29)24(2)3)11-12-20(19)25-13-7-8-14-25/h4-6,9-12,15-16H,7-8,13-14H2,1-3H3,(H,23,26)/t16-/m0/s1. The van der Waals surface area contributed by atoms with E-state index in [1.54, 1.807) is 30.3 Å². The number of hydrogen-bond donors (Lipinski definition) is 1. The fourth-order valence-corrected chi connectivity index (χ4v) is 4.26. The van der Waals surface area contributed by atoms with E-state index in [0.717, 1.165) is 30.2 Å². The number of benzene rings is 2. The average Bonchev–Trinajstić information content (AvgIpc) is 3.28. The minimum Gasteiger partial charge on any atom is -0.449 e. The second-order valence-electron chi connectivity index (χ2n) is 7.56. The van der Waals surface area contributed by atoms with Gasteiger partial charge in [0.25, 0.3) is 5.91 Å². The second kappa shape index (κ2) is 9.49. The van der Waals surface area contributed by atoms with Crippen LogP contribution in [-0.2, 0) is 19.6 Å². The fourth-order valence-electron chi connectivity index (χ4n) is 3.33. The molecule has 31 heavy (non-hydrogen) atoms. The van der Waals surface area contributed by atoms with E-state index < -0.39 is 28.0 Å². The number of amides is 1. The van der Waals surface area contributed by atoms with Crippen molar-refractivity contribution < 1.29 is 22.7 Å². The highest BCUT2D eigenvalue weighted by molar-refractivity contribution is 7.89. The summed E-state index contributed by atoms with van der Waals surface area (Å²) >= 11 is 0. The van der Waals surface area contributed by atoms with Gasteiger partial charge in [-0.25, -0.2) is 17.5 Å². The summed E-state index contributed by atoms with van der Waals surface area (Å²) < 4.78 is 31.6. The molecule has 166 valence electrons. The summed E-state index contributed by atoms with van der Waals surface area (Å²) in [7, 11) is -0.874. The average molecular weight is 446 g/mol. The molecule has 1 aliphatic rings. The van der Waals surface area contributed by atoms with E-state index in [-0.39, 0.29) is 10.5 Å². The van der Waals surface area contributed by atoms with Crippen LogP contribution in [0.1, 0.15) is 30.1 Å². The lowest BCUT2D eigenvalue weighted by Crippen LogP contribution is -2.31. The van der Waals surface area contributed by atoms with Crippen molar-refractivity contribution in [2.24, 2.45) is 0 Å². The molecule has 0 saturated carbocycles. The Morgan fingerprint density at radius 2 is 1.71 bits per heavy atom. The summed E-state index contributed by atoms with van der Waals surface area (Å²) in [6.45, 7) is 3.01. The molecule has 0 aromatic heterocycles. The van der Waals surface area contributed by atoms with E-state index in [9.17, 15) is 18.0 Å². The number of carbonyl (C=O) groups excluding carboxylic acids is 2. The first kappa shape index (κ1) is 22.8. The number of anilines is 2. The van der Waals surface area contributed by atoms with E-state index in [4.69, 9.17) is 4.74 Å². The van der Waals surface area contributed by atoms with Crippen molar-refractivity contribution in [2.45, 2.75) is 30.8 Å². The number of ether oxygens (including phenoxy) is 1. The molecule has 3 rings (SSSR count). The van der Waals surface area contributed by atoms with Crippen molar-refractivity contribution in [1.82, 2.24) is 4.31 Å². The van der Waals surface area contributed by atoms with Crippen LogP contribution in [0, 0.1) is 0 Å². The van der Waals surface area contributed by atoms with E-state index in [1.165, 1.54) is 33.2 Å². The third kappa shape index (κ3) is 5.23. The lowest BCUT2D eigenvalue weighted by molar-refractivity contribution is -0.123. The molecule has 1 N–H and O–H groups in total. The lowest BCUT2D eigenvalue weighted by atomic mass is 10.1. The molecule has 1 heterocycles. The van der Waals surface area contributed by atoms with Gasteiger partial charge in [-0.3, -0.25) is 4.79 Å². The zero-order valence-corrected chi connectivity index (χ0v) is 18.7. The van der Waals surface area contributed by atoms with Crippen molar-refractivity contribution in [3.8, 4) is 0 Å². The third-order valence-corrected chi connectivity index (χ3v) is 6.92. The zero-order valence-electron chi connectivity index (χ0n) is 17.9. The summed E-state index contributed by atoms with van der Waals surface area (Å²) in [6, 6.07) is 13.3. The van der Waals surface area contributed by atoms with Crippen LogP contribution in [0.15, 0.2) is 53.4 Å². The molecule has 0 radical (unpaired) electrons. The minimum absolute atomic E-state index is 0.00575. The van der Waals surface area contributed by atoms with E-state index in [0.29, 0.717) is 11.4 Å². The smallest absolute Gasteiger partial charge is 0.341 e. The number of nitrogens with one attached hydrogen (secondary N) is 1. The molecular formula is C22H27N3O5S. The van der Waals surface area contributed by atoms with Crippen molar-refractivity contribution in [3.63, 3.8) is 0 Å². The lowest BCUT2D eigenvalue weighted by Gasteiger charge is -2.23. The Morgan fingerprint density at radius 1 is 1.06 bits per heavy atom. The van der Waals surface area contributed by atoms with Gasteiger partial charge in [-0.05, 0) is 50.1 Å². The van der Waals surface area contributed by atoms with Gasteiger partial charge in [0.2, 0.25) is 10.0 Å². The summed E-state index contributed by atoms with van der Waals surface area (Å²) in [4.78, 5) is 27.5. The van der Waals surface area contributed by atoms with Gasteiger partial charge in [0.1, 0.15) is 0 Å². The molecule has 9 heteroatoms. The normalized spacial score (nSPS) is 15.0. The second-order valence-corrected chi connectivity index (χ2v) is 9.72. The predicted molar refractivity (Wildman–Crippen MR) is 119 cm³/mol. The number of nitrogens with zero attached hydrogens (tertiary/aromatic N) is 2. The summed E-state index contributed by atoms with van der Waals surface area (Å²) in [5.41, 5.74) is 1.33. The van der Waals surface area contributed by atoms with Gasteiger partial charge in [-0.15, -0.1) is 0 Å². The monoisotopic (exact) mass is 445 g/mol. The Morgan fingerprint density at radius 3 is 2.32 bits per heavy atom. The predicted octanol–water partition coefficient (Wildman–Crippen LogP) is 2.72. The van der Waals surface area contributed by atoms with Crippen molar-refractivity contribution in [2.75, 3.05) is 37.4 Å². The Bertz CT molecular complexity index is 1050. The van der Waals surface area contributed by atoms with Gasteiger partial charge in [-0.1, -0.05) is 18.2 Å². The maximum atomic E-state index is 13.0. The van der Waals surface area contributed by atoms with Gasteiger partial charge in [0.15, 0.2) is 6.10 Å². The van der Waals surface area contributed by atoms with Crippen molar-refractivity contribution in [1.29, 1.82) is 0 Å². The molecule has 2 aromatic rings. The molecule has 8 nitrogen and oxygen atoms in total. The topological polar surface area (TPSA) is 96.0 Å². The van der Waals surface area contributed by atoms with Crippen molar-refractivity contribution in [3.05, 3.63) is 54.1 Å². The number of carbonyl (C=O) groups is 2. The van der Waals surface area contributed by atoms with Gasteiger partial charge >= 0.3 is 5.97 Å². The minimum atomic E-state index is -3.73. The molecule has 0 unspecified atom stereocenters. The van der Waals surface area contributed by atoms with E-state index in [2.05, 4.69) is 5.32 Å². The van der Waals surface area contributed by atoms with Crippen LogP contribution in [0.5, 0.6) is 0 Å². The first-order valence-electron chi connectivity index (χ1n) is 10.1. The van der Waals surface area contributed by atoms with Crippen molar-refractivity contribution >= 4 is 33.3 Å². The highest BCUT2D eigenvalue weighted by Crippen LogP contribution is 2.29. The quantitative estimate of drug-likeness (QED) is 0.659. The van der Waals surface area contributed by atoms with Crippen LogP contribution in [-0.4, -0.2) is 57.9 Å². The van der Waals surface area contributed by atoms with Crippen LogP contribution in [0.2, 0.25) is 0 Å². The number of rotatable bonds is 7. The van der Waals surface area contributed by atoms with Crippen LogP contribution < -0.4 is 10.2 Å². The molecule has 0 bridgehead atoms. The van der Waals surface area contributed by atoms with Gasteiger partial charge < -0.3 is 15.0 Å². The highest BCUT2D eigenvalue weighted by Gasteiger charge is 2.27. The molecule has 1 fully saturated rings. The molecule has 2 aromatic carbocycles. The molecule has 1 aliphatic heterocycles. The third-order valence-electron chi connectivity index (χ3n) is 5.11. The molecule has 0 spiro atoms. The maximum Gasteiger partial charge on any atom is 0.341 e. The van der Waals surface area contributed by atoms with Crippen LogP contribution in [0.3, 0.4) is 0 Å². The van der Waals surface area contributed by atoms with E-state index >= 15 is 0 Å². The number of sulfonamides is 1. The molecule has 1 amide bonds. The Balaban J connectivity index is 1.85. The molecule has 1 saturated heterocycles. The van der Waals surface area contributed by atoms with E-state index in [1.807, 2.05) is 11.0 Å². The van der Waals surface area contributed by atoms with Gasteiger partial charge in [-0.2, -0.15) is 0 Å². The highest BCUT2D eigenvalue weighted by atomic mass is 32.2. The summed E-state index contributed by atoms with van der Waals surface area (Å²) in [6.07, 6.45) is 0.915. The Labute approximate surface area is 182 Å². The first-order valence-corrected chi connectivity index (χ1v) is 11.5. The zero-order chi connectivity index (χ0) is 22.6. The molecular weight excluding hydrogens is 418 g/mol. The van der Waals surface area contributed by atoms with Crippen LogP contribution >= 0.6 is 0 Å². The number of hydrogen-bond acceptors (Lipinski definition) is 6. The van der Waals surface area contributed by atoms with Crippen LogP contribution in [0.4, 0.5) is 11.4 Å². The summed E-state index contributed by atoms with van der Waals surface area (Å²) in [5.74, 6) is -1.22. The first-order chi connectivity index (χ1) is 14.7. The molecule has 0 aliphatic carbocycles. The maximum absolute atomic E-state index is 13.0. The molecule has 1 atom stereocenters. The Kier molecular flexibility index (Phi) is 6.97. The largest absolute Gasteiger partial charge is 0.449 e. The number of para-hydroxylation sites is 1.